The summed E-state index contributed by atoms with van der Waals surface area (Å²) in [4.78, 5) is 11.8. The zero-order valence-corrected chi connectivity index (χ0v) is 11.3. The van der Waals surface area contributed by atoms with Gasteiger partial charge in [0.2, 0.25) is 0 Å². The average Bonchev–Trinajstić information content (AvgIpc) is 2.36. The van der Waals surface area contributed by atoms with E-state index in [0.29, 0.717) is 21.7 Å². The second-order valence-corrected chi connectivity index (χ2v) is 4.64. The van der Waals surface area contributed by atoms with Gasteiger partial charge in [-0.3, -0.25) is 0 Å². The first kappa shape index (κ1) is 13.6. The number of ether oxygens (including phenoxy) is 1. The van der Waals surface area contributed by atoms with Crippen LogP contribution in [0.15, 0.2) is 36.4 Å². The van der Waals surface area contributed by atoms with E-state index in [1.54, 1.807) is 25.1 Å². The molecule has 0 unspecified atom stereocenters. The molecule has 0 saturated heterocycles. The molecule has 19 heavy (non-hydrogen) atoms. The van der Waals surface area contributed by atoms with Gasteiger partial charge in [0.05, 0.1) is 12.7 Å². The molecule has 0 aromatic heterocycles. The number of halogens is 2. The maximum atomic E-state index is 13.5. The van der Waals surface area contributed by atoms with E-state index in [2.05, 4.69) is 0 Å². The largest absolute Gasteiger partial charge is 0.465 e. The van der Waals surface area contributed by atoms with Crippen LogP contribution in [0.1, 0.15) is 15.9 Å². The first-order chi connectivity index (χ1) is 9.01. The lowest BCUT2D eigenvalue weighted by Crippen LogP contribution is -2.03. The third-order valence-electron chi connectivity index (χ3n) is 2.74. The number of carbonyl (C=O) groups is 1. The van der Waals surface area contributed by atoms with Gasteiger partial charge >= 0.3 is 5.97 Å². The molecule has 2 rings (SSSR count). The monoisotopic (exact) mass is 278 g/mol. The van der Waals surface area contributed by atoms with Crippen molar-refractivity contribution >= 4 is 17.6 Å². The molecular weight excluding hydrogens is 267 g/mol. The minimum atomic E-state index is -0.501. The Bertz CT molecular complexity index is 618. The summed E-state index contributed by atoms with van der Waals surface area (Å²) in [7, 11) is 1.30. The quantitative estimate of drug-likeness (QED) is 0.768. The highest BCUT2D eigenvalue weighted by molar-refractivity contribution is 6.31. The van der Waals surface area contributed by atoms with Gasteiger partial charge in [-0.2, -0.15) is 0 Å². The molecule has 0 atom stereocenters. The Kier molecular flexibility index (Phi) is 3.86. The van der Waals surface area contributed by atoms with E-state index in [4.69, 9.17) is 16.3 Å². The Morgan fingerprint density at radius 1 is 1.21 bits per heavy atom. The van der Waals surface area contributed by atoms with E-state index in [1.807, 2.05) is 0 Å². The fourth-order valence-electron chi connectivity index (χ4n) is 1.94. The van der Waals surface area contributed by atoms with E-state index in [9.17, 15) is 9.18 Å². The van der Waals surface area contributed by atoms with Crippen molar-refractivity contribution in [2.24, 2.45) is 0 Å². The third-order valence-corrected chi connectivity index (χ3v) is 2.98. The average molecular weight is 279 g/mol. The lowest BCUT2D eigenvalue weighted by molar-refractivity contribution is 0.0601. The summed E-state index contributed by atoms with van der Waals surface area (Å²) in [6.07, 6.45) is 0. The Labute approximate surface area is 115 Å². The zero-order valence-electron chi connectivity index (χ0n) is 10.5. The lowest BCUT2D eigenvalue weighted by atomic mass is 9.98. The van der Waals surface area contributed by atoms with Crippen LogP contribution in [0.25, 0.3) is 11.1 Å². The molecule has 0 aliphatic heterocycles. The first-order valence-corrected chi connectivity index (χ1v) is 6.04. The van der Waals surface area contributed by atoms with Crippen molar-refractivity contribution in [3.05, 3.63) is 58.4 Å². The van der Waals surface area contributed by atoms with Crippen molar-refractivity contribution in [2.75, 3.05) is 7.11 Å². The summed E-state index contributed by atoms with van der Waals surface area (Å²) in [6, 6.07) is 9.47. The molecule has 0 bridgehead atoms. The SMILES string of the molecule is COC(=O)c1cc(Cl)ccc1-c1cc(C)cc(F)c1. The van der Waals surface area contributed by atoms with Gasteiger partial charge in [-0.1, -0.05) is 23.7 Å². The van der Waals surface area contributed by atoms with Gasteiger partial charge in [0, 0.05) is 5.02 Å². The third kappa shape index (κ3) is 2.93. The summed E-state index contributed by atoms with van der Waals surface area (Å²) in [6.45, 7) is 1.79. The molecule has 0 saturated carbocycles. The van der Waals surface area contributed by atoms with E-state index < -0.39 is 5.97 Å². The van der Waals surface area contributed by atoms with Crippen LogP contribution in [0.4, 0.5) is 4.39 Å². The molecular formula is C15H12ClFO2. The Balaban J connectivity index is 2.64. The zero-order chi connectivity index (χ0) is 14.0. The van der Waals surface area contributed by atoms with Crippen LogP contribution in [0.3, 0.4) is 0 Å². The maximum absolute atomic E-state index is 13.5. The predicted molar refractivity (Wildman–Crippen MR) is 72.9 cm³/mol. The van der Waals surface area contributed by atoms with Crippen LogP contribution in [0.5, 0.6) is 0 Å². The van der Waals surface area contributed by atoms with Gasteiger partial charge in [0.1, 0.15) is 5.82 Å². The van der Waals surface area contributed by atoms with Crippen LogP contribution < -0.4 is 0 Å². The maximum Gasteiger partial charge on any atom is 0.338 e. The minimum Gasteiger partial charge on any atom is -0.465 e. The normalized spacial score (nSPS) is 10.3. The summed E-state index contributed by atoms with van der Waals surface area (Å²) in [5.41, 5.74) is 2.31. The molecule has 4 heteroatoms. The number of carbonyl (C=O) groups excluding carboxylic acids is 1. The topological polar surface area (TPSA) is 26.3 Å². The molecule has 98 valence electrons. The summed E-state index contributed by atoms with van der Waals surface area (Å²) in [5.74, 6) is -0.847. The van der Waals surface area contributed by atoms with Crippen molar-refractivity contribution < 1.29 is 13.9 Å². The number of methoxy groups -OCH3 is 1. The van der Waals surface area contributed by atoms with Crippen LogP contribution in [-0.4, -0.2) is 13.1 Å². The number of benzene rings is 2. The van der Waals surface area contributed by atoms with Gasteiger partial charge in [-0.15, -0.1) is 0 Å². The molecule has 0 radical (unpaired) electrons. The van der Waals surface area contributed by atoms with Crippen LogP contribution in [0, 0.1) is 12.7 Å². The molecule has 0 aliphatic rings. The molecule has 0 spiro atoms. The molecule has 0 heterocycles. The van der Waals surface area contributed by atoms with Crippen molar-refractivity contribution in [3.8, 4) is 11.1 Å². The fraction of sp³-hybridized carbons (Fsp3) is 0.133. The van der Waals surface area contributed by atoms with E-state index in [1.165, 1.54) is 25.3 Å². The first-order valence-electron chi connectivity index (χ1n) is 5.66. The Hall–Kier alpha value is -1.87. The number of hydrogen-bond donors (Lipinski definition) is 0. The number of rotatable bonds is 2. The van der Waals surface area contributed by atoms with Gasteiger partial charge in [0.15, 0.2) is 0 Å². The Morgan fingerprint density at radius 2 is 1.95 bits per heavy atom. The van der Waals surface area contributed by atoms with Crippen molar-refractivity contribution in [1.29, 1.82) is 0 Å². The molecule has 2 aromatic carbocycles. The highest BCUT2D eigenvalue weighted by Crippen LogP contribution is 2.28. The fourth-order valence-corrected chi connectivity index (χ4v) is 2.11. The van der Waals surface area contributed by atoms with Crippen molar-refractivity contribution in [2.45, 2.75) is 6.92 Å². The van der Waals surface area contributed by atoms with Crippen LogP contribution >= 0.6 is 11.6 Å². The molecule has 0 aliphatic carbocycles. The number of esters is 1. The highest BCUT2D eigenvalue weighted by Gasteiger charge is 2.14. The number of hydrogen-bond acceptors (Lipinski definition) is 2. The van der Waals surface area contributed by atoms with Crippen molar-refractivity contribution in [1.82, 2.24) is 0 Å². The number of aryl methyl sites for hydroxylation is 1. The summed E-state index contributed by atoms with van der Waals surface area (Å²) < 4.78 is 18.2. The lowest BCUT2D eigenvalue weighted by Gasteiger charge is -2.09. The Morgan fingerprint density at radius 3 is 2.58 bits per heavy atom. The van der Waals surface area contributed by atoms with Gasteiger partial charge in [-0.25, -0.2) is 9.18 Å². The smallest absolute Gasteiger partial charge is 0.338 e. The van der Waals surface area contributed by atoms with Gasteiger partial charge in [0.25, 0.3) is 0 Å². The standard InChI is InChI=1S/C15H12ClFO2/c1-9-5-10(7-12(17)6-9)13-4-3-11(16)8-14(13)15(18)19-2/h3-8H,1-2H3. The van der Waals surface area contributed by atoms with E-state index in [-0.39, 0.29) is 5.82 Å². The minimum absolute atomic E-state index is 0.319. The molecule has 2 aromatic rings. The van der Waals surface area contributed by atoms with Crippen LogP contribution in [-0.2, 0) is 4.74 Å². The van der Waals surface area contributed by atoms with E-state index in [0.717, 1.165) is 5.56 Å². The molecule has 0 fully saturated rings. The predicted octanol–water partition coefficient (Wildman–Crippen LogP) is 4.24. The summed E-state index contributed by atoms with van der Waals surface area (Å²) in [5, 5.41) is 0.428. The van der Waals surface area contributed by atoms with Gasteiger partial charge in [-0.05, 0) is 47.9 Å². The second-order valence-electron chi connectivity index (χ2n) is 4.20. The molecule has 0 amide bonds. The van der Waals surface area contributed by atoms with E-state index >= 15 is 0 Å². The molecule has 0 N–H and O–H groups in total. The highest BCUT2D eigenvalue weighted by atomic mass is 35.5. The van der Waals surface area contributed by atoms with Crippen molar-refractivity contribution in [3.63, 3.8) is 0 Å². The summed E-state index contributed by atoms with van der Waals surface area (Å²) >= 11 is 5.89. The molecule has 2 nitrogen and oxygen atoms in total. The van der Waals surface area contributed by atoms with Gasteiger partial charge < -0.3 is 4.74 Å². The second kappa shape index (κ2) is 5.41. The van der Waals surface area contributed by atoms with Crippen LogP contribution in [0.2, 0.25) is 5.02 Å².